The molecule has 0 heterocycles. The van der Waals surface area contributed by atoms with Gasteiger partial charge in [-0.25, -0.2) is 4.79 Å². The van der Waals surface area contributed by atoms with Crippen molar-refractivity contribution in [2.24, 2.45) is 5.92 Å². The van der Waals surface area contributed by atoms with Crippen molar-refractivity contribution in [2.45, 2.75) is 71.6 Å². The predicted molar refractivity (Wildman–Crippen MR) is 112 cm³/mol. The molecule has 170 valence electrons. The molecule has 0 aromatic carbocycles. The third kappa shape index (κ3) is 12.8. The van der Waals surface area contributed by atoms with Crippen molar-refractivity contribution in [1.29, 1.82) is 0 Å². The van der Waals surface area contributed by atoms with Gasteiger partial charge in [-0.1, -0.05) is 13.8 Å². The largest absolute Gasteiger partial charge is 0.458 e. The molecule has 2 amide bonds. The third-order valence-electron chi connectivity index (χ3n) is 3.71. The number of Topliss-reactive ketones (excluding diaryl/α,β-unsaturated/α-hetero) is 1. The Kier molecular flexibility index (Phi) is 11.8. The first-order valence-corrected chi connectivity index (χ1v) is 9.92. The molecule has 0 saturated heterocycles. The molecule has 0 unspecified atom stereocenters. The lowest BCUT2D eigenvalue weighted by atomic mass is 10.0. The molecule has 2 atom stereocenters. The van der Waals surface area contributed by atoms with Gasteiger partial charge in [0.2, 0.25) is 17.6 Å². The molecule has 0 aromatic rings. The molecule has 0 bridgehead atoms. The first kappa shape index (κ1) is 27.4. The Hall–Kier alpha value is -2.58. The van der Waals surface area contributed by atoms with Crippen molar-refractivity contribution in [3.8, 4) is 0 Å². The van der Waals surface area contributed by atoms with E-state index in [1.165, 1.54) is 0 Å². The van der Waals surface area contributed by atoms with Gasteiger partial charge in [-0.15, -0.1) is 0 Å². The molecule has 10 heteroatoms. The second kappa shape index (κ2) is 12.9. The lowest BCUT2D eigenvalue weighted by molar-refractivity contribution is -0.159. The summed E-state index contributed by atoms with van der Waals surface area (Å²) in [4.78, 5) is 53.5. The number of ether oxygens (including phenoxy) is 1. The quantitative estimate of drug-likeness (QED) is 0.202. The second-order valence-electron chi connectivity index (χ2n) is 8.83. The summed E-state index contributed by atoms with van der Waals surface area (Å²) < 4.78 is 5.35. The van der Waals surface area contributed by atoms with Crippen LogP contribution in [-0.4, -0.2) is 77.8 Å². The summed E-state index contributed by atoms with van der Waals surface area (Å²) in [5.41, 5.74) is 7.67. The Bertz CT molecular complexity index is 663. The predicted octanol–water partition coefficient (Wildman–Crippen LogP) is 0.555. The summed E-state index contributed by atoms with van der Waals surface area (Å²) >= 11 is 0. The van der Waals surface area contributed by atoms with Gasteiger partial charge in [-0.05, 0) is 53.6 Å². The van der Waals surface area contributed by atoms with Crippen LogP contribution in [0, 0.1) is 5.92 Å². The highest BCUT2D eigenvalue weighted by molar-refractivity contribution is 6.25. The molecule has 30 heavy (non-hydrogen) atoms. The highest BCUT2D eigenvalue weighted by atomic mass is 16.6. The third-order valence-corrected chi connectivity index (χ3v) is 3.71. The van der Waals surface area contributed by atoms with E-state index in [4.69, 9.17) is 10.3 Å². The molecule has 0 aliphatic rings. The number of likely N-dealkylation sites (N-methyl/N-ethyl adjacent to an activating group) is 1. The molecular formula is C20H35N5O5. The van der Waals surface area contributed by atoms with Crippen molar-refractivity contribution in [2.75, 3.05) is 20.6 Å². The Morgan fingerprint density at radius 2 is 1.70 bits per heavy atom. The van der Waals surface area contributed by atoms with E-state index in [2.05, 4.69) is 15.4 Å². The normalized spacial score (nSPS) is 13.2. The van der Waals surface area contributed by atoms with E-state index in [0.717, 1.165) is 6.21 Å². The van der Waals surface area contributed by atoms with Crippen molar-refractivity contribution in [3.05, 3.63) is 5.53 Å². The van der Waals surface area contributed by atoms with Gasteiger partial charge in [0.1, 0.15) is 17.7 Å². The summed E-state index contributed by atoms with van der Waals surface area (Å²) in [6, 6.07) is -1.93. The number of rotatable bonds is 12. The van der Waals surface area contributed by atoms with E-state index in [9.17, 15) is 19.2 Å². The SMILES string of the molecule is CC(C)C[C@H](NC(=O)CN(C)C)C(=O)N[C@@H](CCC(=O)C=[N+]=[N-])C(=O)OC(C)(C)C. The molecular weight excluding hydrogens is 390 g/mol. The van der Waals surface area contributed by atoms with Crippen LogP contribution in [0.5, 0.6) is 0 Å². The van der Waals surface area contributed by atoms with E-state index < -0.39 is 35.3 Å². The number of nitrogens with zero attached hydrogens (tertiary/aromatic N) is 3. The number of esters is 1. The lowest BCUT2D eigenvalue weighted by Gasteiger charge is -2.27. The highest BCUT2D eigenvalue weighted by Crippen LogP contribution is 2.12. The second-order valence-corrected chi connectivity index (χ2v) is 8.83. The molecule has 0 saturated carbocycles. The summed E-state index contributed by atoms with van der Waals surface area (Å²) in [5.74, 6) is -1.92. The topological polar surface area (TPSA) is 141 Å². The molecule has 0 aliphatic heterocycles. The Labute approximate surface area is 178 Å². The fourth-order valence-corrected chi connectivity index (χ4v) is 2.54. The standard InChI is InChI=1S/C20H35N5O5/c1-13(2)10-16(23-17(27)12-25(6)7)18(28)24-15(9-8-14(26)11-22-21)19(29)30-20(3,4)5/h11,13,15-16H,8-10,12H2,1-7H3,(H,23,27)(H,24,28)/t15-,16-/m0/s1. The zero-order valence-electron chi connectivity index (χ0n) is 19.0. The number of ketones is 1. The van der Waals surface area contributed by atoms with Crippen molar-refractivity contribution in [1.82, 2.24) is 15.5 Å². The van der Waals surface area contributed by atoms with Crippen LogP contribution in [0.15, 0.2) is 0 Å². The summed E-state index contributed by atoms with van der Waals surface area (Å²) in [6.45, 7) is 9.02. The molecule has 0 rings (SSSR count). The number of carbonyl (C=O) groups excluding carboxylic acids is 4. The van der Waals surface area contributed by atoms with Crippen LogP contribution in [0.1, 0.15) is 53.9 Å². The average Bonchev–Trinajstić information content (AvgIpc) is 2.55. The maximum absolute atomic E-state index is 12.9. The molecule has 10 nitrogen and oxygen atoms in total. The zero-order chi connectivity index (χ0) is 23.5. The maximum Gasteiger partial charge on any atom is 0.329 e. The maximum atomic E-state index is 12.9. The van der Waals surface area contributed by atoms with Crippen molar-refractivity contribution >= 4 is 29.8 Å². The smallest absolute Gasteiger partial charge is 0.329 e. The molecule has 0 fully saturated rings. The Morgan fingerprint density at radius 1 is 1.10 bits per heavy atom. The fourth-order valence-electron chi connectivity index (χ4n) is 2.54. The van der Waals surface area contributed by atoms with Crippen LogP contribution in [0.3, 0.4) is 0 Å². The van der Waals surface area contributed by atoms with Crippen LogP contribution in [-0.2, 0) is 23.9 Å². The minimum atomic E-state index is -1.09. The van der Waals surface area contributed by atoms with Gasteiger partial charge in [0.25, 0.3) is 0 Å². The van der Waals surface area contributed by atoms with E-state index in [1.807, 2.05) is 13.8 Å². The monoisotopic (exact) mass is 425 g/mol. The Balaban J connectivity index is 5.40. The fraction of sp³-hybridized carbons (Fsp3) is 0.750. The minimum absolute atomic E-state index is 0.0362. The first-order chi connectivity index (χ1) is 13.7. The Morgan fingerprint density at radius 3 is 2.17 bits per heavy atom. The number of hydrogen-bond acceptors (Lipinski definition) is 6. The van der Waals surface area contributed by atoms with Crippen LogP contribution < -0.4 is 10.6 Å². The number of nitrogens with one attached hydrogen (secondary N) is 2. The highest BCUT2D eigenvalue weighted by Gasteiger charge is 2.30. The van der Waals surface area contributed by atoms with Crippen molar-refractivity contribution < 1.29 is 28.7 Å². The molecule has 0 spiro atoms. The summed E-state index contributed by atoms with van der Waals surface area (Å²) in [6.07, 6.45) is 0.945. The van der Waals surface area contributed by atoms with Gasteiger partial charge in [-0.3, -0.25) is 14.4 Å². The molecule has 0 aliphatic carbocycles. The van der Waals surface area contributed by atoms with Crippen molar-refractivity contribution in [3.63, 3.8) is 0 Å². The van der Waals surface area contributed by atoms with E-state index in [1.54, 1.807) is 39.8 Å². The van der Waals surface area contributed by atoms with E-state index in [0.29, 0.717) is 6.42 Å². The minimum Gasteiger partial charge on any atom is -0.458 e. The lowest BCUT2D eigenvalue weighted by Crippen LogP contribution is -2.54. The van der Waals surface area contributed by atoms with E-state index in [-0.39, 0.29) is 31.2 Å². The van der Waals surface area contributed by atoms with Gasteiger partial charge in [0, 0.05) is 6.42 Å². The summed E-state index contributed by atoms with van der Waals surface area (Å²) in [5, 5.41) is 5.29. The van der Waals surface area contributed by atoms with Crippen LogP contribution in [0.2, 0.25) is 0 Å². The molecule has 0 aromatic heterocycles. The van der Waals surface area contributed by atoms with Crippen LogP contribution >= 0.6 is 0 Å². The van der Waals surface area contributed by atoms with Gasteiger partial charge in [0.05, 0.1) is 6.54 Å². The van der Waals surface area contributed by atoms with Crippen LogP contribution in [0.4, 0.5) is 0 Å². The van der Waals surface area contributed by atoms with Gasteiger partial charge >= 0.3 is 12.2 Å². The molecule has 2 N–H and O–H groups in total. The van der Waals surface area contributed by atoms with Gasteiger partial charge in [0.15, 0.2) is 0 Å². The number of carbonyl (C=O) groups is 4. The number of hydrogen-bond donors (Lipinski definition) is 2. The van der Waals surface area contributed by atoms with E-state index >= 15 is 0 Å². The first-order valence-electron chi connectivity index (χ1n) is 9.92. The van der Waals surface area contributed by atoms with Crippen LogP contribution in [0.25, 0.3) is 5.53 Å². The van der Waals surface area contributed by atoms with Gasteiger partial charge < -0.3 is 25.8 Å². The van der Waals surface area contributed by atoms with Gasteiger partial charge in [-0.2, -0.15) is 4.79 Å². The average molecular weight is 426 g/mol. The summed E-state index contributed by atoms with van der Waals surface area (Å²) in [7, 11) is 3.48. The zero-order valence-corrected chi connectivity index (χ0v) is 19.0. The number of amides is 2. The molecule has 0 radical (unpaired) electrons.